The van der Waals surface area contributed by atoms with Crippen LogP contribution in [0.25, 0.3) is 0 Å². The van der Waals surface area contributed by atoms with Crippen molar-refractivity contribution in [2.45, 2.75) is 65.2 Å². The number of rotatable bonds is 9. The lowest BCUT2D eigenvalue weighted by Gasteiger charge is -2.32. The second-order valence-electron chi connectivity index (χ2n) is 10.1. The number of aromatic hydroxyl groups is 1. The van der Waals surface area contributed by atoms with Gasteiger partial charge in [0.05, 0.1) is 0 Å². The number of phenolic OH excluding ortho intramolecular Hbond substituents is 1. The van der Waals surface area contributed by atoms with E-state index in [4.69, 9.17) is 5.73 Å². The van der Waals surface area contributed by atoms with Gasteiger partial charge in [-0.1, -0.05) is 35.0 Å². The number of benzene rings is 1. The second-order valence-corrected chi connectivity index (χ2v) is 11.3. The van der Waals surface area contributed by atoms with Crippen molar-refractivity contribution >= 4 is 27.9 Å². The fourth-order valence-corrected chi connectivity index (χ4v) is 5.05. The number of likely N-dealkylation sites (tertiary alicyclic amines) is 2. The first-order valence-corrected chi connectivity index (χ1v) is 14.3. The average molecular weight is 578 g/mol. The number of aryl methyl sites for hydroxylation is 1. The van der Waals surface area contributed by atoms with Crippen molar-refractivity contribution in [3.05, 3.63) is 52.7 Å². The molecule has 2 aliphatic rings. The van der Waals surface area contributed by atoms with Gasteiger partial charge in [0, 0.05) is 49.8 Å². The van der Waals surface area contributed by atoms with Crippen molar-refractivity contribution in [1.29, 1.82) is 0 Å². The van der Waals surface area contributed by atoms with Crippen LogP contribution in [0.4, 0.5) is 4.79 Å². The van der Waals surface area contributed by atoms with Gasteiger partial charge in [-0.3, -0.25) is 4.79 Å². The van der Waals surface area contributed by atoms with Gasteiger partial charge in [-0.15, -0.1) is 6.58 Å². The third-order valence-corrected chi connectivity index (χ3v) is 7.39. The Bertz CT molecular complexity index is 902. The number of carbonyl (C=O) groups is 2. The molecular weight excluding hydrogens is 532 g/mol. The Morgan fingerprint density at radius 2 is 1.84 bits per heavy atom. The van der Waals surface area contributed by atoms with Gasteiger partial charge in [-0.2, -0.15) is 0 Å². The largest absolute Gasteiger partial charge is 0.508 e. The molecule has 2 heterocycles. The molecule has 8 heteroatoms. The molecule has 7 nitrogen and oxygen atoms in total. The lowest BCUT2D eigenvalue weighted by molar-refractivity contribution is -0.133. The SMILES string of the molecule is C=CC(CN/C=C(\C)Br)Cc1ccc(O)cc1CC.NC(=O)N1CCC(CC(=O)N2CCCCC2)CC1. The van der Waals surface area contributed by atoms with Crippen LogP contribution in [0.1, 0.15) is 63.5 Å². The van der Waals surface area contributed by atoms with E-state index in [0.29, 0.717) is 43.0 Å². The van der Waals surface area contributed by atoms with Crippen molar-refractivity contribution in [2.24, 2.45) is 17.6 Å². The zero-order valence-corrected chi connectivity index (χ0v) is 24.1. The number of piperidine rings is 2. The predicted molar refractivity (Wildman–Crippen MR) is 154 cm³/mol. The number of nitrogens with two attached hydrogens (primary N) is 1. The van der Waals surface area contributed by atoms with E-state index in [1.54, 1.807) is 11.0 Å². The number of urea groups is 1. The third-order valence-electron chi connectivity index (χ3n) is 7.17. The van der Waals surface area contributed by atoms with E-state index in [-0.39, 0.29) is 6.03 Å². The maximum atomic E-state index is 12.1. The molecule has 37 heavy (non-hydrogen) atoms. The smallest absolute Gasteiger partial charge is 0.314 e. The zero-order chi connectivity index (χ0) is 27.2. The summed E-state index contributed by atoms with van der Waals surface area (Å²) in [6.07, 6.45) is 11.8. The number of nitrogens with one attached hydrogen (secondary N) is 1. The first-order chi connectivity index (χ1) is 17.7. The van der Waals surface area contributed by atoms with Crippen molar-refractivity contribution in [1.82, 2.24) is 15.1 Å². The molecule has 2 fully saturated rings. The molecule has 3 amide bonds. The number of amides is 3. The van der Waals surface area contributed by atoms with Gasteiger partial charge in [-0.05, 0) is 87.0 Å². The van der Waals surface area contributed by atoms with Gasteiger partial charge >= 0.3 is 6.03 Å². The first kappa shape index (κ1) is 30.7. The summed E-state index contributed by atoms with van der Waals surface area (Å²) in [5.74, 6) is 1.44. The molecule has 1 aromatic carbocycles. The van der Waals surface area contributed by atoms with E-state index in [0.717, 1.165) is 62.6 Å². The van der Waals surface area contributed by atoms with E-state index in [9.17, 15) is 14.7 Å². The van der Waals surface area contributed by atoms with Gasteiger partial charge in [-0.25, -0.2) is 4.79 Å². The topological polar surface area (TPSA) is 98.9 Å². The molecule has 1 atom stereocenters. The molecule has 2 saturated heterocycles. The molecular formula is C29H45BrN4O3. The molecule has 4 N–H and O–H groups in total. The zero-order valence-electron chi connectivity index (χ0n) is 22.6. The van der Waals surface area contributed by atoms with Gasteiger partial charge in [0.15, 0.2) is 0 Å². The molecule has 2 aliphatic heterocycles. The second kappa shape index (κ2) is 16.4. The number of carbonyl (C=O) groups excluding carboxylic acids is 2. The van der Waals surface area contributed by atoms with Crippen LogP contribution in [-0.2, 0) is 17.6 Å². The number of hydrogen-bond donors (Lipinski definition) is 3. The lowest BCUT2D eigenvalue weighted by Crippen LogP contribution is -2.43. The minimum absolute atomic E-state index is 0.298. The van der Waals surface area contributed by atoms with E-state index in [1.807, 2.05) is 36.2 Å². The quantitative estimate of drug-likeness (QED) is 0.346. The van der Waals surface area contributed by atoms with Gasteiger partial charge in [0.2, 0.25) is 5.91 Å². The molecule has 1 aromatic rings. The summed E-state index contributed by atoms with van der Waals surface area (Å²) in [4.78, 5) is 26.8. The molecule has 0 aliphatic carbocycles. The van der Waals surface area contributed by atoms with Crippen LogP contribution in [-0.4, -0.2) is 59.6 Å². The third kappa shape index (κ3) is 11.2. The van der Waals surface area contributed by atoms with Crippen LogP contribution in [0.2, 0.25) is 0 Å². The molecule has 1 unspecified atom stereocenters. The number of hydrogen-bond acceptors (Lipinski definition) is 4. The van der Waals surface area contributed by atoms with Crippen molar-refractivity contribution < 1.29 is 14.7 Å². The van der Waals surface area contributed by atoms with Gasteiger partial charge in [0.1, 0.15) is 5.75 Å². The number of phenols is 1. The first-order valence-electron chi connectivity index (χ1n) is 13.5. The van der Waals surface area contributed by atoms with E-state index >= 15 is 0 Å². The minimum atomic E-state index is -0.337. The molecule has 3 rings (SSSR count). The highest BCUT2D eigenvalue weighted by Crippen LogP contribution is 2.23. The van der Waals surface area contributed by atoms with E-state index in [1.165, 1.54) is 17.5 Å². The van der Waals surface area contributed by atoms with Crippen LogP contribution in [0.3, 0.4) is 0 Å². The summed E-state index contributed by atoms with van der Waals surface area (Å²) in [6.45, 7) is 12.1. The lowest BCUT2D eigenvalue weighted by atomic mass is 9.93. The Hall–Kier alpha value is -2.48. The van der Waals surface area contributed by atoms with Crippen LogP contribution >= 0.6 is 15.9 Å². The maximum Gasteiger partial charge on any atom is 0.314 e. The Morgan fingerprint density at radius 1 is 1.16 bits per heavy atom. The van der Waals surface area contributed by atoms with Crippen molar-refractivity contribution in [2.75, 3.05) is 32.7 Å². The van der Waals surface area contributed by atoms with E-state index < -0.39 is 0 Å². The summed E-state index contributed by atoms with van der Waals surface area (Å²) in [6, 6.07) is 5.28. The van der Waals surface area contributed by atoms with Crippen LogP contribution in [0, 0.1) is 11.8 Å². The van der Waals surface area contributed by atoms with Gasteiger partial charge in [0.25, 0.3) is 0 Å². The average Bonchev–Trinajstić information content (AvgIpc) is 2.89. The van der Waals surface area contributed by atoms with Crippen LogP contribution in [0.5, 0.6) is 5.75 Å². The highest BCUT2D eigenvalue weighted by Gasteiger charge is 2.25. The van der Waals surface area contributed by atoms with Crippen LogP contribution in [0.15, 0.2) is 41.5 Å². The minimum Gasteiger partial charge on any atom is -0.508 e. The molecule has 0 saturated carbocycles. The van der Waals surface area contributed by atoms with Gasteiger partial charge < -0.3 is 26.0 Å². The van der Waals surface area contributed by atoms with Crippen LogP contribution < -0.4 is 11.1 Å². The molecule has 0 bridgehead atoms. The summed E-state index contributed by atoms with van der Waals surface area (Å²) in [5.41, 5.74) is 7.73. The monoisotopic (exact) mass is 576 g/mol. The summed E-state index contributed by atoms with van der Waals surface area (Å²) >= 11 is 3.39. The highest BCUT2D eigenvalue weighted by molar-refractivity contribution is 9.11. The highest BCUT2D eigenvalue weighted by atomic mass is 79.9. The Balaban J connectivity index is 0.000000260. The molecule has 0 spiro atoms. The van der Waals surface area contributed by atoms with E-state index in [2.05, 4.69) is 34.7 Å². The Kier molecular flexibility index (Phi) is 13.6. The number of allylic oxidation sites excluding steroid dienone is 1. The molecule has 0 radical (unpaired) electrons. The summed E-state index contributed by atoms with van der Waals surface area (Å²) in [5, 5.41) is 12.8. The molecule has 0 aromatic heterocycles. The Morgan fingerprint density at radius 3 is 2.41 bits per heavy atom. The standard InChI is InChI=1S/C16H22BrNO.C13H23N3O2/c1-4-13(11-18-10-12(3)17)8-15-6-7-16(19)9-14(15)5-2;14-13(18)16-8-4-11(5-9-16)10-12(17)15-6-2-1-3-7-15/h4,6-7,9-10,13,18-19H,1,5,8,11H2,2-3H3;11H,1-10H2,(H2,14,18)/b12-10+;. The maximum absolute atomic E-state index is 12.1. The summed E-state index contributed by atoms with van der Waals surface area (Å²) < 4.78 is 1.08. The predicted octanol–water partition coefficient (Wildman–Crippen LogP) is 5.32. The van der Waals surface area contributed by atoms with Crippen molar-refractivity contribution in [3.8, 4) is 5.75 Å². The molecule has 206 valence electrons. The number of primary amides is 1. The number of halogens is 1. The van der Waals surface area contributed by atoms with Crippen molar-refractivity contribution in [3.63, 3.8) is 0 Å². The summed E-state index contributed by atoms with van der Waals surface area (Å²) in [7, 11) is 0. The normalized spacial score (nSPS) is 17.4. The number of nitrogens with zero attached hydrogens (tertiary/aromatic N) is 2. The fraction of sp³-hybridized carbons (Fsp3) is 0.586. The Labute approximate surface area is 231 Å². The fourth-order valence-electron chi connectivity index (χ4n) is 4.89.